The summed E-state index contributed by atoms with van der Waals surface area (Å²) in [5.41, 5.74) is -0.224. The molecule has 0 unspecified atom stereocenters. The quantitative estimate of drug-likeness (QED) is 0.586. The number of hydrogen-bond donors (Lipinski definition) is 1. The topological polar surface area (TPSA) is 59.8 Å². The lowest BCUT2D eigenvalue weighted by Crippen LogP contribution is -2.37. The summed E-state index contributed by atoms with van der Waals surface area (Å²) in [7, 11) is 0. The summed E-state index contributed by atoms with van der Waals surface area (Å²) < 4.78 is 43.9. The molecule has 168 valence electrons. The van der Waals surface area contributed by atoms with Crippen LogP contribution in [0.3, 0.4) is 0 Å². The van der Waals surface area contributed by atoms with Crippen molar-refractivity contribution < 1.29 is 13.2 Å². The van der Waals surface area contributed by atoms with E-state index in [9.17, 15) is 18.0 Å². The molecule has 32 heavy (non-hydrogen) atoms. The number of aromatic nitrogens is 3. The van der Waals surface area contributed by atoms with Crippen LogP contribution < -0.4 is 10.9 Å². The summed E-state index contributed by atoms with van der Waals surface area (Å²) in [6.07, 6.45) is 7.08. The highest BCUT2D eigenvalue weighted by Crippen LogP contribution is 2.52. The third-order valence-electron chi connectivity index (χ3n) is 7.06. The molecule has 5 nitrogen and oxygen atoms in total. The summed E-state index contributed by atoms with van der Waals surface area (Å²) in [5.74, 6) is -2.60. The van der Waals surface area contributed by atoms with Gasteiger partial charge in [-0.25, -0.2) is 23.1 Å². The van der Waals surface area contributed by atoms with Crippen LogP contribution in [-0.4, -0.2) is 14.5 Å². The molecule has 2 bridgehead atoms. The SMILES string of the molecule is Cc1nc(NCc2cccc(C(C)(F)F)c2F)c2cn(C34CCC(CC3)C4)c(=O)cc2n1. The van der Waals surface area contributed by atoms with E-state index in [-0.39, 0.29) is 23.2 Å². The highest BCUT2D eigenvalue weighted by Gasteiger charge is 2.46. The summed E-state index contributed by atoms with van der Waals surface area (Å²) in [6.45, 7) is 2.37. The molecule has 0 aliphatic heterocycles. The van der Waals surface area contributed by atoms with Gasteiger partial charge in [-0.1, -0.05) is 18.2 Å². The molecule has 0 atom stereocenters. The standard InChI is InChI=1S/C24H25F3N4O/c1-14-29-19-10-20(32)31(24-8-6-15(11-24)7-9-24)13-17(19)22(30-14)28-12-16-4-3-5-18(21(16)25)23(2,26)27/h3-5,10,13,15H,6-9,11-12H2,1-2H3,(H,28,29,30). The third kappa shape index (κ3) is 3.45. The number of hydrogen-bond acceptors (Lipinski definition) is 4. The minimum Gasteiger partial charge on any atom is -0.365 e. The van der Waals surface area contributed by atoms with Gasteiger partial charge in [-0.3, -0.25) is 4.79 Å². The number of aryl methyl sites for hydroxylation is 1. The molecule has 0 saturated heterocycles. The fraction of sp³-hybridized carbons (Fsp3) is 0.458. The molecule has 0 radical (unpaired) electrons. The lowest BCUT2D eigenvalue weighted by Gasteiger charge is -2.29. The van der Waals surface area contributed by atoms with Crippen molar-refractivity contribution in [2.75, 3.05) is 5.32 Å². The summed E-state index contributed by atoms with van der Waals surface area (Å²) in [5, 5.41) is 3.76. The van der Waals surface area contributed by atoms with Crippen molar-refractivity contribution in [2.24, 2.45) is 5.92 Å². The minimum atomic E-state index is -3.27. The largest absolute Gasteiger partial charge is 0.365 e. The first-order chi connectivity index (χ1) is 15.2. The van der Waals surface area contributed by atoms with Crippen LogP contribution in [0.1, 0.15) is 56.0 Å². The van der Waals surface area contributed by atoms with Gasteiger partial charge in [-0.2, -0.15) is 0 Å². The molecule has 2 aliphatic rings. The molecule has 1 N–H and O–H groups in total. The van der Waals surface area contributed by atoms with E-state index in [4.69, 9.17) is 0 Å². The van der Waals surface area contributed by atoms with Crippen LogP contribution in [-0.2, 0) is 18.0 Å². The number of anilines is 1. The number of rotatable bonds is 5. The first-order valence-corrected chi connectivity index (χ1v) is 11.0. The maximum atomic E-state index is 14.7. The summed E-state index contributed by atoms with van der Waals surface area (Å²) in [6, 6.07) is 5.52. The van der Waals surface area contributed by atoms with E-state index in [1.807, 2.05) is 10.8 Å². The lowest BCUT2D eigenvalue weighted by atomic mass is 9.93. The lowest BCUT2D eigenvalue weighted by molar-refractivity contribution is 0.0136. The molecule has 2 saturated carbocycles. The molecular formula is C24H25F3N4O. The zero-order valence-electron chi connectivity index (χ0n) is 18.1. The monoisotopic (exact) mass is 442 g/mol. The van der Waals surface area contributed by atoms with E-state index < -0.39 is 17.3 Å². The molecule has 2 fully saturated rings. The van der Waals surface area contributed by atoms with Crippen LogP contribution >= 0.6 is 0 Å². The maximum absolute atomic E-state index is 14.7. The summed E-state index contributed by atoms with van der Waals surface area (Å²) >= 11 is 0. The highest BCUT2D eigenvalue weighted by atomic mass is 19.3. The Morgan fingerprint density at radius 3 is 2.66 bits per heavy atom. The molecule has 1 aromatic carbocycles. The van der Waals surface area contributed by atoms with E-state index in [1.165, 1.54) is 18.2 Å². The van der Waals surface area contributed by atoms with Gasteiger partial charge in [0, 0.05) is 36.8 Å². The van der Waals surface area contributed by atoms with Gasteiger partial charge in [0.2, 0.25) is 0 Å². The van der Waals surface area contributed by atoms with Gasteiger partial charge in [0.05, 0.1) is 16.5 Å². The van der Waals surface area contributed by atoms with E-state index >= 15 is 0 Å². The van der Waals surface area contributed by atoms with Crippen molar-refractivity contribution in [3.8, 4) is 0 Å². The van der Waals surface area contributed by atoms with E-state index in [1.54, 1.807) is 6.92 Å². The number of pyridine rings is 1. The van der Waals surface area contributed by atoms with E-state index in [0.29, 0.717) is 35.4 Å². The molecule has 3 aromatic rings. The Kier molecular flexibility index (Phi) is 4.80. The van der Waals surface area contributed by atoms with Crippen LogP contribution in [0.15, 0.2) is 35.3 Å². The van der Waals surface area contributed by atoms with Crippen molar-refractivity contribution in [1.29, 1.82) is 0 Å². The Labute approximate surface area is 183 Å². The molecule has 2 aromatic heterocycles. The average molecular weight is 442 g/mol. The number of alkyl halides is 2. The van der Waals surface area contributed by atoms with Crippen LogP contribution in [0.2, 0.25) is 0 Å². The number of nitrogens with zero attached hydrogens (tertiary/aromatic N) is 3. The Balaban J connectivity index is 1.53. The van der Waals surface area contributed by atoms with Crippen molar-refractivity contribution in [1.82, 2.24) is 14.5 Å². The van der Waals surface area contributed by atoms with Crippen molar-refractivity contribution >= 4 is 16.7 Å². The van der Waals surface area contributed by atoms with Gasteiger partial charge < -0.3 is 9.88 Å². The first kappa shape index (κ1) is 21.0. The Hall–Kier alpha value is -2.90. The van der Waals surface area contributed by atoms with Gasteiger partial charge in [-0.15, -0.1) is 0 Å². The summed E-state index contributed by atoms with van der Waals surface area (Å²) in [4.78, 5) is 21.8. The molecule has 8 heteroatoms. The number of nitrogens with one attached hydrogen (secondary N) is 1. The normalized spacial score (nSPS) is 22.6. The van der Waals surface area contributed by atoms with Gasteiger partial charge in [0.25, 0.3) is 11.5 Å². The van der Waals surface area contributed by atoms with Crippen molar-refractivity contribution in [3.05, 3.63) is 63.6 Å². The van der Waals surface area contributed by atoms with Gasteiger partial charge >= 0.3 is 0 Å². The molecule has 0 amide bonds. The number of benzene rings is 1. The van der Waals surface area contributed by atoms with Gasteiger partial charge in [0.15, 0.2) is 0 Å². The molecular weight excluding hydrogens is 417 g/mol. The Morgan fingerprint density at radius 2 is 2.00 bits per heavy atom. The highest BCUT2D eigenvalue weighted by molar-refractivity contribution is 5.88. The average Bonchev–Trinajstić information content (AvgIpc) is 3.33. The van der Waals surface area contributed by atoms with Crippen molar-refractivity contribution in [2.45, 2.75) is 64.0 Å². The van der Waals surface area contributed by atoms with E-state index in [2.05, 4.69) is 15.3 Å². The molecule has 5 rings (SSSR count). The second kappa shape index (κ2) is 7.32. The van der Waals surface area contributed by atoms with Crippen LogP contribution in [0.4, 0.5) is 19.0 Å². The zero-order valence-corrected chi connectivity index (χ0v) is 18.1. The van der Waals surface area contributed by atoms with Gasteiger partial charge in [-0.05, 0) is 44.9 Å². The Morgan fingerprint density at radius 1 is 1.25 bits per heavy atom. The molecule has 2 heterocycles. The predicted molar refractivity (Wildman–Crippen MR) is 116 cm³/mol. The van der Waals surface area contributed by atoms with Crippen LogP contribution in [0.5, 0.6) is 0 Å². The van der Waals surface area contributed by atoms with Crippen molar-refractivity contribution in [3.63, 3.8) is 0 Å². The third-order valence-corrected chi connectivity index (χ3v) is 7.06. The second-order valence-electron chi connectivity index (χ2n) is 9.29. The van der Waals surface area contributed by atoms with Gasteiger partial charge in [0.1, 0.15) is 17.5 Å². The number of fused-ring (bicyclic) bond motifs is 3. The smallest absolute Gasteiger partial charge is 0.273 e. The van der Waals surface area contributed by atoms with Crippen LogP contribution in [0.25, 0.3) is 10.9 Å². The zero-order chi connectivity index (χ0) is 22.7. The Bertz CT molecular complexity index is 1260. The molecule has 2 aliphatic carbocycles. The fourth-order valence-electron chi connectivity index (χ4n) is 5.46. The van der Waals surface area contributed by atoms with E-state index in [0.717, 1.165) is 38.2 Å². The maximum Gasteiger partial charge on any atom is 0.273 e. The second-order valence-corrected chi connectivity index (χ2v) is 9.29. The fourth-order valence-corrected chi connectivity index (χ4v) is 5.46. The first-order valence-electron chi connectivity index (χ1n) is 11.0. The minimum absolute atomic E-state index is 0.0202. The van der Waals surface area contributed by atoms with Crippen LogP contribution in [0, 0.1) is 18.7 Å². The molecule has 0 spiro atoms. The number of halogens is 3. The predicted octanol–water partition coefficient (Wildman–Crippen LogP) is 5.25.